The quantitative estimate of drug-likeness (QED) is 0.293. The zero-order valence-corrected chi connectivity index (χ0v) is 18.2. The van der Waals surface area contributed by atoms with Gasteiger partial charge in [-0.25, -0.2) is 0 Å². The van der Waals surface area contributed by atoms with E-state index in [0.29, 0.717) is 11.8 Å². The highest BCUT2D eigenvalue weighted by molar-refractivity contribution is 5.09. The van der Waals surface area contributed by atoms with Crippen molar-refractivity contribution in [2.24, 2.45) is 17.8 Å². The summed E-state index contributed by atoms with van der Waals surface area (Å²) in [6.07, 6.45) is 18.0. The van der Waals surface area contributed by atoms with Crippen LogP contribution < -0.4 is 0 Å². The lowest BCUT2D eigenvalue weighted by Gasteiger charge is -2.19. The summed E-state index contributed by atoms with van der Waals surface area (Å²) in [6, 6.07) is 0. The second kappa shape index (κ2) is 14.2. The van der Waals surface area contributed by atoms with E-state index in [2.05, 4.69) is 79.3 Å². The van der Waals surface area contributed by atoms with Gasteiger partial charge in [-0.3, -0.25) is 0 Å². The van der Waals surface area contributed by atoms with Gasteiger partial charge in [0.15, 0.2) is 0 Å². The van der Waals surface area contributed by atoms with E-state index in [9.17, 15) is 0 Å². The Bertz CT molecular complexity index is 441. The van der Waals surface area contributed by atoms with Crippen molar-refractivity contribution in [1.82, 2.24) is 0 Å². The SMILES string of the molecule is C=CC(C)CCC(CC=C(C)CCC=C(C)C)C(C)=CCCC(C)C. The van der Waals surface area contributed by atoms with Crippen LogP contribution in [0.3, 0.4) is 0 Å². The predicted octanol–water partition coefficient (Wildman–Crippen LogP) is 8.67. The first-order valence-corrected chi connectivity index (χ1v) is 10.3. The predicted molar refractivity (Wildman–Crippen MR) is 117 cm³/mol. The van der Waals surface area contributed by atoms with Crippen molar-refractivity contribution in [3.05, 3.63) is 47.6 Å². The lowest BCUT2D eigenvalue weighted by molar-refractivity contribution is 0.489. The monoisotopic (exact) mass is 344 g/mol. The molecule has 0 fully saturated rings. The van der Waals surface area contributed by atoms with Crippen LogP contribution >= 0.6 is 0 Å². The van der Waals surface area contributed by atoms with Gasteiger partial charge in [0.25, 0.3) is 0 Å². The molecule has 0 rings (SSSR count). The highest BCUT2D eigenvalue weighted by Crippen LogP contribution is 2.26. The van der Waals surface area contributed by atoms with Crippen LogP contribution in [-0.2, 0) is 0 Å². The minimum Gasteiger partial charge on any atom is -0.103 e. The average molecular weight is 345 g/mol. The Morgan fingerprint density at radius 3 is 2.08 bits per heavy atom. The Hall–Kier alpha value is -1.04. The van der Waals surface area contributed by atoms with Gasteiger partial charge in [-0.05, 0) is 90.4 Å². The van der Waals surface area contributed by atoms with Gasteiger partial charge in [0.1, 0.15) is 0 Å². The van der Waals surface area contributed by atoms with E-state index in [-0.39, 0.29) is 0 Å². The van der Waals surface area contributed by atoms with Crippen LogP contribution in [0.15, 0.2) is 47.6 Å². The fourth-order valence-electron chi connectivity index (χ4n) is 2.96. The Kier molecular flexibility index (Phi) is 13.6. The van der Waals surface area contributed by atoms with E-state index < -0.39 is 0 Å². The van der Waals surface area contributed by atoms with E-state index in [1.54, 1.807) is 5.57 Å². The Balaban J connectivity index is 4.75. The lowest BCUT2D eigenvalue weighted by atomic mass is 9.87. The Morgan fingerprint density at radius 2 is 1.52 bits per heavy atom. The van der Waals surface area contributed by atoms with Crippen molar-refractivity contribution < 1.29 is 0 Å². The molecule has 2 atom stereocenters. The van der Waals surface area contributed by atoms with E-state index in [1.807, 2.05) is 0 Å². The average Bonchev–Trinajstić information content (AvgIpc) is 2.53. The molecule has 0 bridgehead atoms. The molecule has 0 amide bonds. The van der Waals surface area contributed by atoms with Crippen molar-refractivity contribution in [2.45, 2.75) is 93.4 Å². The molecule has 0 spiro atoms. The van der Waals surface area contributed by atoms with E-state index in [1.165, 1.54) is 56.1 Å². The van der Waals surface area contributed by atoms with Crippen LogP contribution in [0.5, 0.6) is 0 Å². The van der Waals surface area contributed by atoms with E-state index in [4.69, 9.17) is 0 Å². The van der Waals surface area contributed by atoms with Crippen LogP contribution in [0.1, 0.15) is 93.4 Å². The van der Waals surface area contributed by atoms with E-state index in [0.717, 1.165) is 5.92 Å². The highest BCUT2D eigenvalue weighted by atomic mass is 14.2. The molecule has 0 aromatic carbocycles. The van der Waals surface area contributed by atoms with Gasteiger partial charge in [0.05, 0.1) is 0 Å². The molecule has 0 aliphatic rings. The molecule has 0 saturated carbocycles. The lowest BCUT2D eigenvalue weighted by Crippen LogP contribution is -2.04. The number of hydrogen-bond acceptors (Lipinski definition) is 0. The molecule has 144 valence electrons. The summed E-state index contributed by atoms with van der Waals surface area (Å²) >= 11 is 0. The van der Waals surface area contributed by atoms with Crippen LogP contribution in [0.2, 0.25) is 0 Å². The van der Waals surface area contributed by atoms with Gasteiger partial charge < -0.3 is 0 Å². The number of hydrogen-bond donors (Lipinski definition) is 0. The second-order valence-corrected chi connectivity index (χ2v) is 8.51. The number of rotatable bonds is 13. The fourth-order valence-corrected chi connectivity index (χ4v) is 2.96. The maximum atomic E-state index is 3.94. The summed E-state index contributed by atoms with van der Waals surface area (Å²) in [5.74, 6) is 2.10. The Labute approximate surface area is 159 Å². The van der Waals surface area contributed by atoms with Crippen molar-refractivity contribution >= 4 is 0 Å². The van der Waals surface area contributed by atoms with Crippen molar-refractivity contribution in [1.29, 1.82) is 0 Å². The van der Waals surface area contributed by atoms with Gasteiger partial charge >= 0.3 is 0 Å². The van der Waals surface area contributed by atoms with Crippen LogP contribution in [-0.4, -0.2) is 0 Å². The van der Waals surface area contributed by atoms with E-state index >= 15 is 0 Å². The molecule has 0 radical (unpaired) electrons. The molecule has 0 aliphatic heterocycles. The zero-order valence-electron chi connectivity index (χ0n) is 18.2. The summed E-state index contributed by atoms with van der Waals surface area (Å²) in [5.41, 5.74) is 4.55. The van der Waals surface area contributed by atoms with Crippen molar-refractivity contribution in [2.75, 3.05) is 0 Å². The summed E-state index contributed by atoms with van der Waals surface area (Å²) in [7, 11) is 0. The molecule has 0 N–H and O–H groups in total. The normalized spacial score (nSPS) is 15.2. The first-order valence-electron chi connectivity index (χ1n) is 10.3. The molecule has 0 nitrogen and oxygen atoms in total. The zero-order chi connectivity index (χ0) is 19.2. The third-order valence-electron chi connectivity index (χ3n) is 5.07. The second-order valence-electron chi connectivity index (χ2n) is 8.51. The maximum Gasteiger partial charge on any atom is -0.0171 e. The van der Waals surface area contributed by atoms with Gasteiger partial charge in [0.2, 0.25) is 0 Å². The largest absolute Gasteiger partial charge is 0.103 e. The number of allylic oxidation sites excluding steroid dienone is 7. The summed E-state index contributed by atoms with van der Waals surface area (Å²) in [5, 5.41) is 0. The van der Waals surface area contributed by atoms with Gasteiger partial charge in [-0.2, -0.15) is 0 Å². The van der Waals surface area contributed by atoms with Crippen molar-refractivity contribution in [3.63, 3.8) is 0 Å². The van der Waals surface area contributed by atoms with Gasteiger partial charge in [0, 0.05) is 0 Å². The van der Waals surface area contributed by atoms with Crippen LogP contribution in [0.4, 0.5) is 0 Å². The summed E-state index contributed by atoms with van der Waals surface area (Å²) in [6.45, 7) is 19.8. The molecule has 0 saturated heterocycles. The van der Waals surface area contributed by atoms with Crippen LogP contribution in [0.25, 0.3) is 0 Å². The molecular formula is C25H44. The van der Waals surface area contributed by atoms with Gasteiger partial charge in [-0.1, -0.05) is 61.8 Å². The fraction of sp³-hybridized carbons (Fsp3) is 0.680. The molecule has 2 unspecified atom stereocenters. The first kappa shape index (κ1) is 24.0. The van der Waals surface area contributed by atoms with Crippen molar-refractivity contribution in [3.8, 4) is 0 Å². The Morgan fingerprint density at radius 1 is 0.840 bits per heavy atom. The summed E-state index contributed by atoms with van der Waals surface area (Å²) < 4.78 is 0. The molecular weight excluding hydrogens is 300 g/mol. The highest BCUT2D eigenvalue weighted by Gasteiger charge is 2.11. The summed E-state index contributed by atoms with van der Waals surface area (Å²) in [4.78, 5) is 0. The molecule has 0 heterocycles. The first-order chi connectivity index (χ1) is 11.8. The molecule has 25 heavy (non-hydrogen) atoms. The van der Waals surface area contributed by atoms with Crippen LogP contribution in [0, 0.1) is 17.8 Å². The molecule has 0 aliphatic carbocycles. The topological polar surface area (TPSA) is 0 Å². The minimum absolute atomic E-state index is 0.619. The maximum absolute atomic E-state index is 3.94. The molecule has 0 aromatic rings. The van der Waals surface area contributed by atoms with Gasteiger partial charge in [-0.15, -0.1) is 6.58 Å². The third kappa shape index (κ3) is 13.9. The third-order valence-corrected chi connectivity index (χ3v) is 5.07. The minimum atomic E-state index is 0.619. The molecule has 0 aromatic heterocycles. The standard InChI is InChI=1S/C25H44/c1-9-22(6)16-18-25(24(8)15-11-13-21(4)5)19-17-23(7)14-10-12-20(2)3/h9,12,15,17,21-22,25H,1,10-11,13-14,16,18-19H2,2-8H3. The molecule has 0 heteroatoms. The smallest absolute Gasteiger partial charge is 0.0171 e.